The number of benzene rings is 1. The number of imide groups is 1. The zero-order valence-corrected chi connectivity index (χ0v) is 16.1. The first-order chi connectivity index (χ1) is 13.0. The normalized spacial score (nSPS) is 29.1. The molecule has 0 radical (unpaired) electrons. The van der Waals surface area contributed by atoms with E-state index in [0.29, 0.717) is 22.4 Å². The molecule has 3 aliphatic rings. The second kappa shape index (κ2) is 6.06. The molecule has 2 bridgehead atoms. The van der Waals surface area contributed by atoms with E-state index in [1.54, 1.807) is 28.9 Å². The smallest absolute Gasteiger partial charge is 0.241 e. The van der Waals surface area contributed by atoms with E-state index in [9.17, 15) is 9.59 Å². The molecule has 0 spiro atoms. The second-order valence-electron chi connectivity index (χ2n) is 7.36. The van der Waals surface area contributed by atoms with Crippen molar-refractivity contribution in [3.05, 3.63) is 45.6 Å². The van der Waals surface area contributed by atoms with Crippen molar-refractivity contribution in [2.45, 2.75) is 38.5 Å². The highest BCUT2D eigenvalue weighted by Crippen LogP contribution is 2.49. The number of hydrogen-bond donors (Lipinski definition) is 0. The fourth-order valence-corrected chi connectivity index (χ4v) is 5.05. The Balaban J connectivity index is 1.47. The fourth-order valence-electron chi connectivity index (χ4n) is 4.53. The predicted molar refractivity (Wildman–Crippen MR) is 99.9 cm³/mol. The van der Waals surface area contributed by atoms with Gasteiger partial charge in [-0.15, -0.1) is 0 Å². The number of ether oxygens (including phenoxy) is 1. The lowest BCUT2D eigenvalue weighted by molar-refractivity contribution is -0.124. The van der Waals surface area contributed by atoms with Crippen LogP contribution in [0.25, 0.3) is 0 Å². The lowest BCUT2D eigenvalue weighted by Crippen LogP contribution is -2.34. The molecule has 2 aromatic rings. The zero-order chi connectivity index (χ0) is 18.9. The summed E-state index contributed by atoms with van der Waals surface area (Å²) in [5.41, 5.74) is 1.57. The van der Waals surface area contributed by atoms with Crippen LogP contribution in [0.2, 0.25) is 10.0 Å². The van der Waals surface area contributed by atoms with Crippen LogP contribution in [0.4, 0.5) is 5.82 Å². The van der Waals surface area contributed by atoms with Crippen molar-refractivity contribution in [3.8, 4) is 0 Å². The molecule has 4 atom stereocenters. The van der Waals surface area contributed by atoms with E-state index in [2.05, 4.69) is 5.10 Å². The summed E-state index contributed by atoms with van der Waals surface area (Å²) in [6.07, 6.45) is 1.42. The number of anilines is 1. The number of carbonyl (C=O) groups excluding carboxylic acids is 2. The van der Waals surface area contributed by atoms with E-state index in [1.165, 1.54) is 4.90 Å². The first-order valence-corrected chi connectivity index (χ1v) is 9.72. The van der Waals surface area contributed by atoms with Gasteiger partial charge >= 0.3 is 0 Å². The van der Waals surface area contributed by atoms with Crippen LogP contribution in [0.3, 0.4) is 0 Å². The molecule has 2 amide bonds. The SMILES string of the molecule is Cc1cc(N2C(=O)[C@@H]3[C@H](C2=O)[C@H]2CC[C@H]3O2)nn1Cc1c(Cl)cccc1Cl. The van der Waals surface area contributed by atoms with Gasteiger partial charge in [0.25, 0.3) is 0 Å². The molecule has 8 heteroatoms. The summed E-state index contributed by atoms with van der Waals surface area (Å²) in [4.78, 5) is 27.1. The summed E-state index contributed by atoms with van der Waals surface area (Å²) < 4.78 is 7.49. The van der Waals surface area contributed by atoms with Gasteiger partial charge < -0.3 is 4.74 Å². The van der Waals surface area contributed by atoms with Crippen LogP contribution in [-0.2, 0) is 20.9 Å². The number of amides is 2. The van der Waals surface area contributed by atoms with E-state index in [0.717, 1.165) is 24.1 Å². The molecule has 0 aliphatic carbocycles. The maximum absolute atomic E-state index is 12.9. The van der Waals surface area contributed by atoms with Crippen molar-refractivity contribution in [2.24, 2.45) is 11.8 Å². The average Bonchev–Trinajstić information content (AvgIpc) is 3.36. The molecule has 27 heavy (non-hydrogen) atoms. The number of carbonyl (C=O) groups is 2. The van der Waals surface area contributed by atoms with E-state index in [4.69, 9.17) is 27.9 Å². The van der Waals surface area contributed by atoms with E-state index < -0.39 is 0 Å². The second-order valence-corrected chi connectivity index (χ2v) is 8.17. The molecule has 3 aliphatic heterocycles. The molecule has 4 heterocycles. The highest BCUT2D eigenvalue weighted by atomic mass is 35.5. The third-order valence-electron chi connectivity index (χ3n) is 5.85. The van der Waals surface area contributed by atoms with Gasteiger partial charge in [0.2, 0.25) is 11.8 Å². The molecule has 3 saturated heterocycles. The molecular formula is C19H17Cl2N3O3. The molecule has 1 aromatic carbocycles. The summed E-state index contributed by atoms with van der Waals surface area (Å²) in [7, 11) is 0. The van der Waals surface area contributed by atoms with Crippen LogP contribution >= 0.6 is 23.2 Å². The number of rotatable bonds is 3. The number of fused-ring (bicyclic) bond motifs is 5. The number of halogens is 2. The predicted octanol–water partition coefficient (Wildman–Crippen LogP) is 3.21. The Hall–Kier alpha value is -1.89. The molecule has 0 saturated carbocycles. The van der Waals surface area contributed by atoms with Crippen molar-refractivity contribution < 1.29 is 14.3 Å². The summed E-state index contributed by atoms with van der Waals surface area (Å²) in [6.45, 7) is 2.24. The van der Waals surface area contributed by atoms with Crippen LogP contribution in [0, 0.1) is 18.8 Å². The number of aromatic nitrogens is 2. The zero-order valence-electron chi connectivity index (χ0n) is 14.6. The molecule has 140 valence electrons. The van der Waals surface area contributed by atoms with Gasteiger partial charge in [0.05, 0.1) is 30.6 Å². The maximum atomic E-state index is 12.9. The van der Waals surface area contributed by atoms with E-state index in [1.807, 2.05) is 6.92 Å². The Morgan fingerprint density at radius 1 is 1.11 bits per heavy atom. The quantitative estimate of drug-likeness (QED) is 0.735. The van der Waals surface area contributed by atoms with Crippen molar-refractivity contribution in [1.82, 2.24) is 9.78 Å². The van der Waals surface area contributed by atoms with Gasteiger partial charge in [-0.3, -0.25) is 14.3 Å². The van der Waals surface area contributed by atoms with Crippen LogP contribution in [0.15, 0.2) is 24.3 Å². The van der Waals surface area contributed by atoms with Crippen LogP contribution in [-0.4, -0.2) is 33.8 Å². The van der Waals surface area contributed by atoms with Crippen LogP contribution in [0.5, 0.6) is 0 Å². The van der Waals surface area contributed by atoms with E-state index in [-0.39, 0.29) is 35.9 Å². The molecule has 0 N–H and O–H groups in total. The molecule has 3 fully saturated rings. The third kappa shape index (κ3) is 2.47. The monoisotopic (exact) mass is 405 g/mol. The van der Waals surface area contributed by atoms with Gasteiger partial charge in [-0.2, -0.15) is 5.10 Å². The Morgan fingerprint density at radius 3 is 2.30 bits per heavy atom. The minimum Gasteiger partial charge on any atom is -0.373 e. The Labute approximate surface area is 166 Å². The topological polar surface area (TPSA) is 64.4 Å². The molecular weight excluding hydrogens is 389 g/mol. The lowest BCUT2D eigenvalue weighted by atomic mass is 9.81. The summed E-state index contributed by atoms with van der Waals surface area (Å²) in [5.74, 6) is -0.755. The standard InChI is InChI=1S/C19H17Cl2N3O3/c1-9-7-15(22-23(9)8-10-11(20)3-2-4-12(10)21)24-18(25)16-13-5-6-14(27-13)17(16)19(24)26/h2-4,7,13-14,16-17H,5-6,8H2,1H3/t13-,14-,16-,17+/m1/s1. The van der Waals surface area contributed by atoms with Crippen molar-refractivity contribution in [1.29, 1.82) is 0 Å². The third-order valence-corrected chi connectivity index (χ3v) is 6.56. The van der Waals surface area contributed by atoms with Crippen molar-refractivity contribution >= 4 is 40.8 Å². The van der Waals surface area contributed by atoms with Crippen LogP contribution in [0.1, 0.15) is 24.1 Å². The van der Waals surface area contributed by atoms with Gasteiger partial charge in [0.1, 0.15) is 0 Å². The molecule has 1 aromatic heterocycles. The molecule has 0 unspecified atom stereocenters. The van der Waals surface area contributed by atoms with Gasteiger partial charge in [-0.05, 0) is 31.9 Å². The average molecular weight is 406 g/mol. The Bertz CT molecular complexity index is 925. The summed E-state index contributed by atoms with van der Waals surface area (Å²) in [6, 6.07) is 7.08. The number of nitrogens with zero attached hydrogens (tertiary/aromatic N) is 3. The lowest BCUT2D eigenvalue weighted by Gasteiger charge is -2.15. The van der Waals surface area contributed by atoms with Gasteiger partial charge in [-0.25, -0.2) is 4.90 Å². The minimum absolute atomic E-state index is 0.133. The van der Waals surface area contributed by atoms with Crippen molar-refractivity contribution in [3.63, 3.8) is 0 Å². The highest BCUT2D eigenvalue weighted by molar-refractivity contribution is 6.36. The first-order valence-electron chi connectivity index (χ1n) is 8.96. The van der Waals surface area contributed by atoms with Crippen molar-refractivity contribution in [2.75, 3.05) is 4.90 Å². The van der Waals surface area contributed by atoms with Crippen LogP contribution < -0.4 is 4.90 Å². The molecule has 5 rings (SSSR count). The van der Waals surface area contributed by atoms with Gasteiger partial charge in [-0.1, -0.05) is 29.3 Å². The van der Waals surface area contributed by atoms with E-state index >= 15 is 0 Å². The summed E-state index contributed by atoms with van der Waals surface area (Å²) in [5, 5.41) is 5.61. The Morgan fingerprint density at radius 2 is 1.70 bits per heavy atom. The first kappa shape index (κ1) is 17.2. The highest BCUT2D eigenvalue weighted by Gasteiger charge is 2.63. The summed E-state index contributed by atoms with van der Waals surface area (Å²) >= 11 is 12.5. The Kier molecular flexibility index (Phi) is 3.86. The molecule has 6 nitrogen and oxygen atoms in total. The maximum Gasteiger partial charge on any atom is 0.241 e. The van der Waals surface area contributed by atoms with Gasteiger partial charge in [0.15, 0.2) is 5.82 Å². The number of hydrogen-bond acceptors (Lipinski definition) is 4. The largest absolute Gasteiger partial charge is 0.373 e. The van der Waals surface area contributed by atoms with Gasteiger partial charge in [0, 0.05) is 27.4 Å². The fraction of sp³-hybridized carbons (Fsp3) is 0.421. The number of aryl methyl sites for hydroxylation is 1. The minimum atomic E-state index is -0.361.